The number of carbonyl (C=O) groups is 2. The van der Waals surface area contributed by atoms with Crippen LogP contribution in [0.2, 0.25) is 0 Å². The Morgan fingerprint density at radius 2 is 1.85 bits per heavy atom. The van der Waals surface area contributed by atoms with Crippen molar-refractivity contribution in [3.05, 3.63) is 64.5 Å². The Morgan fingerprint density at radius 1 is 1.12 bits per heavy atom. The second-order valence-electron chi connectivity index (χ2n) is 7.10. The van der Waals surface area contributed by atoms with Crippen LogP contribution < -0.4 is 15.2 Å². The van der Waals surface area contributed by atoms with Crippen molar-refractivity contribution in [2.24, 2.45) is 0 Å². The molecule has 0 amide bonds. The lowest BCUT2D eigenvalue weighted by atomic mass is 10.0. The number of hydrogen-bond acceptors (Lipinski definition) is 9. The smallest absolute Gasteiger partial charge is 0.359 e. The van der Waals surface area contributed by atoms with Gasteiger partial charge in [-0.05, 0) is 49.2 Å². The largest absolute Gasteiger partial charge is 0.497 e. The van der Waals surface area contributed by atoms with Gasteiger partial charge < -0.3 is 24.7 Å². The van der Waals surface area contributed by atoms with Crippen molar-refractivity contribution in [3.63, 3.8) is 0 Å². The van der Waals surface area contributed by atoms with Gasteiger partial charge in [-0.15, -0.1) is 5.10 Å². The maximum Gasteiger partial charge on any atom is 0.359 e. The van der Waals surface area contributed by atoms with E-state index in [1.165, 1.54) is 17.9 Å². The number of hydrogen-bond donors (Lipinski definition) is 1. The van der Waals surface area contributed by atoms with Crippen LogP contribution >= 0.6 is 0 Å². The highest BCUT2D eigenvalue weighted by Crippen LogP contribution is 2.27. The SMILES string of the molecule is CCOC(=O)c1c(C(=O)c2cc(OCOC)c(C)cc2N)nnn1Cc1ccc(OC)cc1. The van der Waals surface area contributed by atoms with Crippen LogP contribution in [0.1, 0.15) is 44.6 Å². The van der Waals surface area contributed by atoms with Gasteiger partial charge in [-0.3, -0.25) is 4.79 Å². The molecule has 0 fully saturated rings. The van der Waals surface area contributed by atoms with Crippen LogP contribution in [0.15, 0.2) is 36.4 Å². The molecule has 0 atom stereocenters. The lowest BCUT2D eigenvalue weighted by Crippen LogP contribution is -2.18. The molecular weight excluding hydrogens is 428 g/mol. The summed E-state index contributed by atoms with van der Waals surface area (Å²) >= 11 is 0. The van der Waals surface area contributed by atoms with Gasteiger partial charge in [0.1, 0.15) is 11.5 Å². The van der Waals surface area contributed by atoms with E-state index in [1.54, 1.807) is 39.2 Å². The molecule has 0 radical (unpaired) electrons. The molecule has 0 bridgehead atoms. The molecule has 0 saturated carbocycles. The van der Waals surface area contributed by atoms with Crippen LogP contribution in [-0.2, 0) is 16.0 Å². The summed E-state index contributed by atoms with van der Waals surface area (Å²) in [6, 6.07) is 10.4. The molecular formula is C23H26N4O6. The van der Waals surface area contributed by atoms with Crippen LogP contribution in [0.5, 0.6) is 11.5 Å². The van der Waals surface area contributed by atoms with Crippen molar-refractivity contribution >= 4 is 17.4 Å². The van der Waals surface area contributed by atoms with E-state index in [0.29, 0.717) is 11.5 Å². The van der Waals surface area contributed by atoms with Gasteiger partial charge in [0.15, 0.2) is 18.2 Å². The average molecular weight is 454 g/mol. The number of esters is 1. The van der Waals surface area contributed by atoms with Crippen molar-refractivity contribution in [1.29, 1.82) is 0 Å². The van der Waals surface area contributed by atoms with E-state index in [0.717, 1.165) is 11.1 Å². The molecule has 0 aliphatic heterocycles. The number of aromatic nitrogens is 3. The van der Waals surface area contributed by atoms with Gasteiger partial charge >= 0.3 is 5.97 Å². The summed E-state index contributed by atoms with van der Waals surface area (Å²) in [5.74, 6) is -0.155. The Morgan fingerprint density at radius 3 is 2.48 bits per heavy atom. The number of rotatable bonds is 10. The number of carbonyl (C=O) groups excluding carboxylic acids is 2. The number of ether oxygens (including phenoxy) is 4. The van der Waals surface area contributed by atoms with E-state index < -0.39 is 11.8 Å². The molecule has 0 spiro atoms. The van der Waals surface area contributed by atoms with E-state index in [2.05, 4.69) is 10.3 Å². The Labute approximate surface area is 191 Å². The summed E-state index contributed by atoms with van der Waals surface area (Å²) in [4.78, 5) is 26.1. The predicted molar refractivity (Wildman–Crippen MR) is 120 cm³/mol. The van der Waals surface area contributed by atoms with Crippen molar-refractivity contribution in [1.82, 2.24) is 15.0 Å². The number of nitrogen functional groups attached to an aromatic ring is 1. The van der Waals surface area contributed by atoms with Crippen molar-refractivity contribution in [2.45, 2.75) is 20.4 Å². The molecule has 10 heteroatoms. The summed E-state index contributed by atoms with van der Waals surface area (Å²) in [6.45, 7) is 3.80. The van der Waals surface area contributed by atoms with Crippen LogP contribution in [0.4, 0.5) is 5.69 Å². The normalized spacial score (nSPS) is 10.7. The van der Waals surface area contributed by atoms with Gasteiger partial charge in [0.25, 0.3) is 0 Å². The third kappa shape index (κ3) is 5.29. The van der Waals surface area contributed by atoms with Crippen LogP contribution in [-0.4, -0.2) is 54.4 Å². The molecule has 1 heterocycles. The van der Waals surface area contributed by atoms with Gasteiger partial charge in [0.05, 0.1) is 25.8 Å². The summed E-state index contributed by atoms with van der Waals surface area (Å²) in [6.07, 6.45) is 0. The topological polar surface area (TPSA) is 128 Å². The second-order valence-corrected chi connectivity index (χ2v) is 7.10. The lowest BCUT2D eigenvalue weighted by molar-refractivity contribution is 0.0505. The molecule has 0 unspecified atom stereocenters. The molecule has 3 rings (SSSR count). The van der Waals surface area contributed by atoms with E-state index in [4.69, 9.17) is 24.7 Å². The lowest BCUT2D eigenvalue weighted by Gasteiger charge is -2.12. The first kappa shape index (κ1) is 23.7. The molecule has 2 N–H and O–H groups in total. The van der Waals surface area contributed by atoms with E-state index >= 15 is 0 Å². The first-order chi connectivity index (χ1) is 15.9. The number of nitrogens with two attached hydrogens (primary N) is 1. The zero-order chi connectivity index (χ0) is 24.0. The summed E-state index contributed by atoms with van der Waals surface area (Å²) in [5, 5.41) is 8.04. The highest BCUT2D eigenvalue weighted by Gasteiger charge is 2.29. The zero-order valence-electron chi connectivity index (χ0n) is 19.0. The maximum absolute atomic E-state index is 13.4. The van der Waals surface area contributed by atoms with Crippen LogP contribution in [0.3, 0.4) is 0 Å². The predicted octanol–water partition coefficient (Wildman–Crippen LogP) is 2.62. The van der Waals surface area contributed by atoms with E-state index in [1.807, 2.05) is 12.1 Å². The number of methoxy groups -OCH3 is 2. The Hall–Kier alpha value is -3.92. The number of aryl methyl sites for hydroxylation is 1. The number of nitrogens with zero attached hydrogens (tertiary/aromatic N) is 3. The van der Waals surface area contributed by atoms with Crippen molar-refractivity contribution in [3.8, 4) is 11.5 Å². The fourth-order valence-electron chi connectivity index (χ4n) is 3.19. The van der Waals surface area contributed by atoms with Crippen molar-refractivity contribution < 1.29 is 28.5 Å². The first-order valence-electron chi connectivity index (χ1n) is 10.2. The molecule has 1 aromatic heterocycles. The molecule has 0 saturated heterocycles. The molecule has 174 valence electrons. The zero-order valence-corrected chi connectivity index (χ0v) is 19.0. The second kappa shape index (κ2) is 10.6. The Bertz CT molecular complexity index is 1140. The monoisotopic (exact) mass is 454 g/mol. The van der Waals surface area contributed by atoms with Crippen LogP contribution in [0.25, 0.3) is 0 Å². The fourth-order valence-corrected chi connectivity index (χ4v) is 3.19. The quantitative estimate of drug-likeness (QED) is 0.213. The molecule has 33 heavy (non-hydrogen) atoms. The third-order valence-electron chi connectivity index (χ3n) is 4.83. The minimum absolute atomic E-state index is 0.00447. The maximum atomic E-state index is 13.4. The van der Waals surface area contributed by atoms with Crippen LogP contribution in [0, 0.1) is 6.92 Å². The highest BCUT2D eigenvalue weighted by atomic mass is 16.7. The van der Waals surface area contributed by atoms with Gasteiger partial charge in [-0.1, -0.05) is 17.3 Å². The minimum atomic E-state index is -0.707. The van der Waals surface area contributed by atoms with Gasteiger partial charge in [0, 0.05) is 12.8 Å². The van der Waals surface area contributed by atoms with Gasteiger partial charge in [0.2, 0.25) is 5.78 Å². The molecule has 2 aromatic carbocycles. The molecule has 3 aromatic rings. The van der Waals surface area contributed by atoms with E-state index in [9.17, 15) is 9.59 Å². The summed E-state index contributed by atoms with van der Waals surface area (Å²) in [7, 11) is 3.07. The van der Waals surface area contributed by atoms with Crippen molar-refractivity contribution in [2.75, 3.05) is 33.4 Å². The van der Waals surface area contributed by atoms with Gasteiger partial charge in [-0.25, -0.2) is 9.48 Å². The highest BCUT2D eigenvalue weighted by molar-refractivity contribution is 6.15. The average Bonchev–Trinajstić information content (AvgIpc) is 3.22. The molecule has 0 aliphatic rings. The Balaban J connectivity index is 2.01. The van der Waals surface area contributed by atoms with Gasteiger partial charge in [-0.2, -0.15) is 0 Å². The summed E-state index contributed by atoms with van der Waals surface area (Å²) in [5.41, 5.74) is 7.81. The Kier molecular flexibility index (Phi) is 7.62. The molecule has 10 nitrogen and oxygen atoms in total. The summed E-state index contributed by atoms with van der Waals surface area (Å²) < 4.78 is 22.1. The first-order valence-corrected chi connectivity index (χ1v) is 10.2. The number of anilines is 1. The number of benzene rings is 2. The standard InChI is InChI=1S/C23H26N4O6/c1-5-32-23(29)21-20(25-26-27(21)12-15-6-8-16(31-4)9-7-15)22(28)17-11-19(33-13-30-3)14(2)10-18(17)24/h6-11H,5,12-13,24H2,1-4H3. The third-order valence-corrected chi connectivity index (χ3v) is 4.83. The minimum Gasteiger partial charge on any atom is -0.497 e. The molecule has 0 aliphatic carbocycles. The van der Waals surface area contributed by atoms with E-state index in [-0.39, 0.29) is 42.6 Å². The number of ketones is 1. The fraction of sp³-hybridized carbons (Fsp3) is 0.304.